The van der Waals surface area contributed by atoms with Crippen LogP contribution in [0, 0.1) is 6.85 Å². The van der Waals surface area contributed by atoms with Crippen LogP contribution in [0.15, 0.2) is 15.9 Å². The van der Waals surface area contributed by atoms with Crippen LogP contribution < -0.4 is 0 Å². The first-order valence-corrected chi connectivity index (χ1v) is 3.21. The SMILES string of the molecule is [2H]c1c(Br)sc(C([2H])([2H])[2H])c1[2H]. The Balaban J connectivity index is 3.28. The van der Waals surface area contributed by atoms with Gasteiger partial charge in [0.05, 0.1) is 6.53 Å². The van der Waals surface area contributed by atoms with Crippen LogP contribution in [0.3, 0.4) is 0 Å². The first-order chi connectivity index (χ1) is 5.34. The van der Waals surface area contributed by atoms with Gasteiger partial charge in [-0.2, -0.15) is 0 Å². The van der Waals surface area contributed by atoms with Crippen LogP contribution >= 0.6 is 27.3 Å². The summed E-state index contributed by atoms with van der Waals surface area (Å²) >= 11 is 3.95. The highest BCUT2D eigenvalue weighted by molar-refractivity contribution is 9.11. The molecule has 1 heterocycles. The summed E-state index contributed by atoms with van der Waals surface area (Å²) in [6.07, 6.45) is 0. The Morgan fingerprint density at radius 2 is 2.86 bits per heavy atom. The van der Waals surface area contributed by atoms with Gasteiger partial charge in [0.15, 0.2) is 0 Å². The van der Waals surface area contributed by atoms with Crippen LogP contribution in [0.5, 0.6) is 0 Å². The van der Waals surface area contributed by atoms with Gasteiger partial charge in [-0.15, -0.1) is 11.3 Å². The van der Waals surface area contributed by atoms with Gasteiger partial charge in [-0.3, -0.25) is 0 Å². The van der Waals surface area contributed by atoms with Crippen molar-refractivity contribution in [1.29, 1.82) is 0 Å². The van der Waals surface area contributed by atoms with Gasteiger partial charge in [-0.1, -0.05) is 0 Å². The number of hydrogen-bond donors (Lipinski definition) is 0. The zero-order valence-corrected chi connectivity index (χ0v) is 5.69. The maximum absolute atomic E-state index is 7.30. The third-order valence-corrected chi connectivity index (χ3v) is 1.74. The molecule has 0 atom stereocenters. The van der Waals surface area contributed by atoms with Crippen LogP contribution in [0.2, 0.25) is 0 Å². The zero-order chi connectivity index (χ0) is 9.52. The molecule has 0 saturated heterocycles. The van der Waals surface area contributed by atoms with Gasteiger partial charge in [0, 0.05) is 8.99 Å². The maximum atomic E-state index is 7.30. The summed E-state index contributed by atoms with van der Waals surface area (Å²) in [5.41, 5.74) is 0. The first kappa shape index (κ1) is 1.85. The molecule has 0 radical (unpaired) electrons. The Bertz CT molecular complexity index is 302. The average molecular weight is 182 g/mol. The van der Waals surface area contributed by atoms with Crippen molar-refractivity contribution >= 4 is 27.3 Å². The van der Waals surface area contributed by atoms with Crippen molar-refractivity contribution in [2.45, 2.75) is 6.85 Å². The highest BCUT2D eigenvalue weighted by atomic mass is 79.9. The molecule has 0 aliphatic rings. The monoisotopic (exact) mass is 181 g/mol. The van der Waals surface area contributed by atoms with Gasteiger partial charge < -0.3 is 0 Å². The lowest BCUT2D eigenvalue weighted by Gasteiger charge is -1.69. The van der Waals surface area contributed by atoms with Gasteiger partial charge in [0.2, 0.25) is 0 Å². The van der Waals surface area contributed by atoms with Gasteiger partial charge >= 0.3 is 0 Å². The second kappa shape index (κ2) is 1.97. The lowest BCUT2D eigenvalue weighted by molar-refractivity contribution is 1.64. The molecule has 1 aromatic rings. The zero-order valence-electron chi connectivity index (χ0n) is 8.29. The van der Waals surface area contributed by atoms with Crippen LogP contribution in [0.4, 0.5) is 0 Å². The van der Waals surface area contributed by atoms with Crippen molar-refractivity contribution in [3.8, 4) is 0 Å². The minimum Gasteiger partial charge on any atom is -0.134 e. The summed E-state index contributed by atoms with van der Waals surface area (Å²) in [7, 11) is 0. The van der Waals surface area contributed by atoms with Crippen LogP contribution in [-0.2, 0) is 0 Å². The number of thiophene rings is 1. The molecule has 0 nitrogen and oxygen atoms in total. The Kier molecular flexibility index (Phi) is 0.520. The quantitative estimate of drug-likeness (QED) is 0.578. The van der Waals surface area contributed by atoms with E-state index in [-0.39, 0.29) is 17.0 Å². The molecule has 0 unspecified atom stereocenters. The standard InChI is InChI=1S/C5H5BrS/c1-4-2-3-5(6)7-4/h2-3H,1H3/i1D3,2D,3D. The Labute approximate surface area is 62.3 Å². The highest BCUT2D eigenvalue weighted by Gasteiger charge is 1.86. The topological polar surface area (TPSA) is 0 Å². The molecule has 0 fully saturated rings. The summed E-state index contributed by atoms with van der Waals surface area (Å²) in [4.78, 5) is -0.0284. The normalized spacial score (nSPS) is 21.6. The predicted molar refractivity (Wildman–Crippen MR) is 36.8 cm³/mol. The molecule has 0 aromatic carbocycles. The molecule has 1 aromatic heterocycles. The molecular formula is C5H5BrS. The van der Waals surface area contributed by atoms with E-state index in [1.807, 2.05) is 0 Å². The second-order valence-electron chi connectivity index (χ2n) is 0.955. The fourth-order valence-corrected chi connectivity index (χ4v) is 1.21. The van der Waals surface area contributed by atoms with Crippen molar-refractivity contribution in [2.75, 3.05) is 0 Å². The summed E-state index contributed by atoms with van der Waals surface area (Å²) in [6.45, 7) is -2.27. The Morgan fingerprint density at radius 3 is 3.14 bits per heavy atom. The van der Waals surface area contributed by atoms with Crippen molar-refractivity contribution in [3.05, 3.63) is 20.7 Å². The van der Waals surface area contributed by atoms with Gasteiger partial charge in [-0.25, -0.2) is 0 Å². The Morgan fingerprint density at radius 1 is 2.00 bits per heavy atom. The third kappa shape index (κ3) is 1.28. The largest absolute Gasteiger partial charge is 0.134 e. The van der Waals surface area contributed by atoms with Gasteiger partial charge in [0.25, 0.3) is 0 Å². The van der Waals surface area contributed by atoms with Gasteiger partial charge in [-0.05, 0) is 34.9 Å². The van der Waals surface area contributed by atoms with Gasteiger partial charge in [0.1, 0.15) is 0 Å². The number of halogens is 1. The van der Waals surface area contributed by atoms with E-state index in [1.165, 1.54) is 0 Å². The van der Waals surface area contributed by atoms with E-state index in [1.54, 1.807) is 0 Å². The molecule has 2 heteroatoms. The second-order valence-corrected chi connectivity index (χ2v) is 3.29. The minimum absolute atomic E-state index is 0.0284. The van der Waals surface area contributed by atoms with Crippen LogP contribution in [0.1, 0.15) is 11.7 Å². The van der Waals surface area contributed by atoms with E-state index in [0.717, 1.165) is 11.3 Å². The van der Waals surface area contributed by atoms with Crippen molar-refractivity contribution in [2.24, 2.45) is 0 Å². The molecule has 0 saturated carbocycles. The summed E-state index contributed by atoms with van der Waals surface area (Å²) in [5, 5.41) is 0. The molecule has 0 N–H and O–H groups in total. The molecule has 0 bridgehead atoms. The van der Waals surface area contributed by atoms with Crippen LogP contribution in [0.25, 0.3) is 0 Å². The summed E-state index contributed by atoms with van der Waals surface area (Å²) < 4.78 is 36.1. The third-order valence-electron chi connectivity index (χ3n) is 0.466. The van der Waals surface area contributed by atoms with Crippen LogP contribution in [-0.4, -0.2) is 0 Å². The lowest BCUT2D eigenvalue weighted by Crippen LogP contribution is -1.43. The highest BCUT2D eigenvalue weighted by Crippen LogP contribution is 2.20. The first-order valence-electron chi connectivity index (χ1n) is 4.10. The summed E-state index contributed by atoms with van der Waals surface area (Å²) in [5.74, 6) is 0. The summed E-state index contributed by atoms with van der Waals surface area (Å²) in [6, 6.07) is -0.252. The maximum Gasteiger partial charge on any atom is 0.0701 e. The van der Waals surface area contributed by atoms with Crippen molar-refractivity contribution in [3.63, 3.8) is 0 Å². The average Bonchev–Trinajstić information content (AvgIpc) is 2.15. The fourth-order valence-electron chi connectivity index (χ4n) is 0.247. The number of hydrogen-bond acceptors (Lipinski definition) is 1. The predicted octanol–water partition coefficient (Wildman–Crippen LogP) is 2.82. The van der Waals surface area contributed by atoms with Crippen molar-refractivity contribution in [1.82, 2.24) is 0 Å². The smallest absolute Gasteiger partial charge is 0.0701 e. The molecular weight excluding hydrogens is 172 g/mol. The fraction of sp³-hybridized carbons (Fsp3) is 0.200. The van der Waals surface area contributed by atoms with E-state index in [4.69, 9.17) is 6.85 Å². The number of aryl methyl sites for hydroxylation is 1. The molecule has 0 spiro atoms. The molecule has 0 aliphatic heterocycles. The van der Waals surface area contributed by atoms with E-state index in [0.29, 0.717) is 3.79 Å². The molecule has 0 aliphatic carbocycles. The van der Waals surface area contributed by atoms with E-state index in [2.05, 4.69) is 15.9 Å². The minimum atomic E-state index is -2.27. The van der Waals surface area contributed by atoms with E-state index in [9.17, 15) is 0 Å². The van der Waals surface area contributed by atoms with E-state index < -0.39 is 6.85 Å². The molecule has 7 heavy (non-hydrogen) atoms. The molecule has 0 amide bonds. The molecule has 1 rings (SSSR count). The van der Waals surface area contributed by atoms with E-state index >= 15 is 0 Å². The number of rotatable bonds is 0. The Hall–Kier alpha value is 0.180. The lowest BCUT2D eigenvalue weighted by atomic mass is 10.5. The van der Waals surface area contributed by atoms with Crippen molar-refractivity contribution < 1.29 is 6.85 Å². The molecule has 38 valence electrons.